The summed E-state index contributed by atoms with van der Waals surface area (Å²) < 4.78 is 0. The predicted molar refractivity (Wildman–Crippen MR) is 42.7 cm³/mol. The van der Waals surface area contributed by atoms with Crippen LogP contribution in [-0.4, -0.2) is 11.7 Å². The minimum atomic E-state index is 0.141. The van der Waals surface area contributed by atoms with Crippen molar-refractivity contribution in [1.82, 2.24) is 0 Å². The van der Waals surface area contributed by atoms with Crippen LogP contribution >= 0.6 is 0 Å². The summed E-state index contributed by atoms with van der Waals surface area (Å²) in [5, 5.41) is 9.08. The highest BCUT2D eigenvalue weighted by Crippen LogP contribution is 2.42. The SMILES string of the molecule is C=CC1CCCC1(C)CO. The Morgan fingerprint density at radius 3 is 2.90 bits per heavy atom. The van der Waals surface area contributed by atoms with E-state index in [9.17, 15) is 0 Å². The van der Waals surface area contributed by atoms with Crippen LogP contribution in [-0.2, 0) is 0 Å². The van der Waals surface area contributed by atoms with Gasteiger partial charge in [-0.2, -0.15) is 0 Å². The lowest BCUT2D eigenvalue weighted by atomic mass is 9.81. The highest BCUT2D eigenvalue weighted by Gasteiger charge is 2.35. The van der Waals surface area contributed by atoms with Crippen LogP contribution in [0.1, 0.15) is 26.2 Å². The van der Waals surface area contributed by atoms with E-state index >= 15 is 0 Å². The van der Waals surface area contributed by atoms with Gasteiger partial charge in [0.25, 0.3) is 0 Å². The van der Waals surface area contributed by atoms with Crippen molar-refractivity contribution in [2.24, 2.45) is 11.3 Å². The molecule has 2 unspecified atom stereocenters. The summed E-state index contributed by atoms with van der Waals surface area (Å²) in [6.07, 6.45) is 5.59. The molecule has 1 rings (SSSR count). The van der Waals surface area contributed by atoms with Crippen LogP contribution in [0.15, 0.2) is 12.7 Å². The van der Waals surface area contributed by atoms with Crippen LogP contribution in [0.25, 0.3) is 0 Å². The summed E-state index contributed by atoms with van der Waals surface area (Å²) in [5.74, 6) is 0.539. The van der Waals surface area contributed by atoms with Crippen molar-refractivity contribution in [2.45, 2.75) is 26.2 Å². The Kier molecular flexibility index (Phi) is 2.14. The molecule has 1 aliphatic rings. The molecule has 0 radical (unpaired) electrons. The molecule has 1 saturated carbocycles. The van der Waals surface area contributed by atoms with E-state index in [-0.39, 0.29) is 5.41 Å². The Bertz CT molecular complexity index is 131. The molecule has 0 spiro atoms. The van der Waals surface area contributed by atoms with E-state index in [0.717, 1.165) is 6.42 Å². The summed E-state index contributed by atoms with van der Waals surface area (Å²) in [6, 6.07) is 0. The van der Waals surface area contributed by atoms with Gasteiger partial charge in [0.2, 0.25) is 0 Å². The second kappa shape index (κ2) is 2.75. The number of aliphatic hydroxyl groups excluding tert-OH is 1. The number of allylic oxidation sites excluding steroid dienone is 1. The Hall–Kier alpha value is -0.300. The summed E-state index contributed by atoms with van der Waals surface area (Å²) in [4.78, 5) is 0. The average molecular weight is 140 g/mol. The first-order chi connectivity index (χ1) is 4.73. The Balaban J connectivity index is 2.64. The first-order valence-corrected chi connectivity index (χ1v) is 3.96. The van der Waals surface area contributed by atoms with Gasteiger partial charge in [0.05, 0.1) is 0 Å². The van der Waals surface area contributed by atoms with Crippen LogP contribution in [0.3, 0.4) is 0 Å². The van der Waals surface area contributed by atoms with E-state index in [1.165, 1.54) is 12.8 Å². The molecule has 1 fully saturated rings. The van der Waals surface area contributed by atoms with Gasteiger partial charge in [-0.25, -0.2) is 0 Å². The highest BCUT2D eigenvalue weighted by atomic mass is 16.3. The van der Waals surface area contributed by atoms with Crippen molar-refractivity contribution in [3.8, 4) is 0 Å². The molecule has 0 aromatic carbocycles. The van der Waals surface area contributed by atoms with Gasteiger partial charge in [0, 0.05) is 6.61 Å². The number of hydrogen-bond donors (Lipinski definition) is 1. The molecule has 0 heterocycles. The van der Waals surface area contributed by atoms with Gasteiger partial charge in [0.15, 0.2) is 0 Å². The van der Waals surface area contributed by atoms with Crippen molar-refractivity contribution in [3.63, 3.8) is 0 Å². The van der Waals surface area contributed by atoms with E-state index in [1.54, 1.807) is 0 Å². The molecule has 2 atom stereocenters. The smallest absolute Gasteiger partial charge is 0.0490 e. The van der Waals surface area contributed by atoms with E-state index in [2.05, 4.69) is 13.5 Å². The summed E-state index contributed by atoms with van der Waals surface area (Å²) >= 11 is 0. The van der Waals surface area contributed by atoms with E-state index in [4.69, 9.17) is 5.11 Å². The molecule has 0 amide bonds. The van der Waals surface area contributed by atoms with E-state index in [1.807, 2.05) is 6.08 Å². The standard InChI is InChI=1S/C9H16O/c1-3-8-5-4-6-9(8,2)7-10/h3,8,10H,1,4-7H2,2H3. The third-order valence-corrected chi connectivity index (χ3v) is 2.80. The van der Waals surface area contributed by atoms with Crippen molar-refractivity contribution < 1.29 is 5.11 Å². The first kappa shape index (κ1) is 7.80. The van der Waals surface area contributed by atoms with Crippen LogP contribution in [0.4, 0.5) is 0 Å². The average Bonchev–Trinajstić information content (AvgIpc) is 2.32. The highest BCUT2D eigenvalue weighted by molar-refractivity contribution is 4.96. The second-order valence-electron chi connectivity index (χ2n) is 3.55. The molecular weight excluding hydrogens is 124 g/mol. The normalized spacial score (nSPS) is 40.0. The van der Waals surface area contributed by atoms with Gasteiger partial charge < -0.3 is 5.11 Å². The Labute approximate surface area is 62.8 Å². The zero-order chi connectivity index (χ0) is 7.61. The molecule has 1 heteroatoms. The van der Waals surface area contributed by atoms with Crippen LogP contribution in [0.2, 0.25) is 0 Å². The molecule has 1 nitrogen and oxygen atoms in total. The van der Waals surface area contributed by atoms with Crippen molar-refractivity contribution in [2.75, 3.05) is 6.61 Å². The van der Waals surface area contributed by atoms with Crippen LogP contribution in [0, 0.1) is 11.3 Å². The van der Waals surface area contributed by atoms with Crippen LogP contribution < -0.4 is 0 Å². The molecule has 0 saturated heterocycles. The summed E-state index contributed by atoms with van der Waals surface area (Å²) in [7, 11) is 0. The Morgan fingerprint density at radius 2 is 2.50 bits per heavy atom. The van der Waals surface area contributed by atoms with Crippen LogP contribution in [0.5, 0.6) is 0 Å². The molecule has 0 aromatic rings. The fraction of sp³-hybridized carbons (Fsp3) is 0.778. The van der Waals surface area contributed by atoms with Gasteiger partial charge in [-0.15, -0.1) is 6.58 Å². The summed E-state index contributed by atoms with van der Waals surface area (Å²) in [6.45, 7) is 6.23. The predicted octanol–water partition coefficient (Wildman–Crippen LogP) is 1.97. The third-order valence-electron chi connectivity index (χ3n) is 2.80. The molecule has 1 aliphatic carbocycles. The zero-order valence-electron chi connectivity index (χ0n) is 6.64. The van der Waals surface area contributed by atoms with Crippen molar-refractivity contribution in [3.05, 3.63) is 12.7 Å². The molecule has 1 N–H and O–H groups in total. The first-order valence-electron chi connectivity index (χ1n) is 3.96. The lowest BCUT2D eigenvalue weighted by Crippen LogP contribution is -2.24. The van der Waals surface area contributed by atoms with Crippen molar-refractivity contribution >= 4 is 0 Å². The van der Waals surface area contributed by atoms with Gasteiger partial charge in [-0.3, -0.25) is 0 Å². The number of hydrogen-bond acceptors (Lipinski definition) is 1. The maximum atomic E-state index is 9.08. The van der Waals surface area contributed by atoms with E-state index < -0.39 is 0 Å². The fourth-order valence-corrected chi connectivity index (χ4v) is 1.86. The van der Waals surface area contributed by atoms with Gasteiger partial charge in [0.1, 0.15) is 0 Å². The lowest BCUT2D eigenvalue weighted by molar-refractivity contribution is 0.121. The van der Waals surface area contributed by atoms with Gasteiger partial charge in [-0.05, 0) is 24.2 Å². The summed E-state index contributed by atoms with van der Waals surface area (Å²) in [5.41, 5.74) is 0.141. The Morgan fingerprint density at radius 1 is 1.80 bits per heavy atom. The topological polar surface area (TPSA) is 20.2 Å². The molecule has 0 aliphatic heterocycles. The van der Waals surface area contributed by atoms with Gasteiger partial charge in [-0.1, -0.05) is 19.4 Å². The minimum absolute atomic E-state index is 0.141. The molecule has 58 valence electrons. The molecule has 10 heavy (non-hydrogen) atoms. The van der Waals surface area contributed by atoms with Crippen molar-refractivity contribution in [1.29, 1.82) is 0 Å². The molecule has 0 bridgehead atoms. The maximum absolute atomic E-state index is 9.08. The quantitative estimate of drug-likeness (QED) is 0.581. The molecular formula is C9H16O. The maximum Gasteiger partial charge on any atom is 0.0490 e. The monoisotopic (exact) mass is 140 g/mol. The van der Waals surface area contributed by atoms with Gasteiger partial charge >= 0.3 is 0 Å². The lowest BCUT2D eigenvalue weighted by Gasteiger charge is -2.26. The zero-order valence-corrected chi connectivity index (χ0v) is 6.64. The second-order valence-corrected chi connectivity index (χ2v) is 3.55. The third kappa shape index (κ3) is 1.10. The largest absolute Gasteiger partial charge is 0.396 e. The minimum Gasteiger partial charge on any atom is -0.396 e. The molecule has 0 aromatic heterocycles. The number of rotatable bonds is 2. The fourth-order valence-electron chi connectivity index (χ4n) is 1.86. The number of aliphatic hydroxyl groups is 1. The van der Waals surface area contributed by atoms with E-state index in [0.29, 0.717) is 12.5 Å².